The van der Waals surface area contributed by atoms with Crippen molar-refractivity contribution in [3.8, 4) is 0 Å². The number of sulfonamides is 1. The van der Waals surface area contributed by atoms with Crippen LogP contribution in [0, 0.1) is 0 Å². The van der Waals surface area contributed by atoms with E-state index in [0.29, 0.717) is 29.1 Å². The van der Waals surface area contributed by atoms with Crippen LogP contribution in [-0.4, -0.2) is 37.4 Å². The van der Waals surface area contributed by atoms with Crippen molar-refractivity contribution in [1.29, 1.82) is 0 Å². The minimum Gasteiger partial charge on any atom is -0.280 e. The van der Waals surface area contributed by atoms with Gasteiger partial charge in [-0.1, -0.05) is 30.3 Å². The predicted octanol–water partition coefficient (Wildman–Crippen LogP) is 3.88. The number of thioether (sulfide) groups is 1. The van der Waals surface area contributed by atoms with Crippen LogP contribution in [0.1, 0.15) is 20.7 Å². The molecule has 0 radical (unpaired) electrons. The topological polar surface area (TPSA) is 83.6 Å². The molecule has 1 N–H and O–H groups in total. The Bertz CT molecular complexity index is 1160. The Hall–Kier alpha value is -3.10. The number of hydrogen-bond acceptors (Lipinski definition) is 5. The highest BCUT2D eigenvalue weighted by molar-refractivity contribution is 7.99. The van der Waals surface area contributed by atoms with Gasteiger partial charge in [-0.3, -0.25) is 19.2 Å². The second-order valence-corrected chi connectivity index (χ2v) is 9.45. The number of fused-ring (bicyclic) bond motifs is 1. The third kappa shape index (κ3) is 4.10. The fourth-order valence-corrected chi connectivity index (χ4v) is 5.05. The van der Waals surface area contributed by atoms with Crippen molar-refractivity contribution >= 4 is 39.3 Å². The quantitative estimate of drug-likeness (QED) is 0.447. The van der Waals surface area contributed by atoms with Crippen molar-refractivity contribution in [2.45, 2.75) is 9.79 Å². The van der Waals surface area contributed by atoms with E-state index in [1.807, 2.05) is 0 Å². The molecule has 0 unspecified atom stereocenters. The second kappa shape index (κ2) is 8.33. The smallest absolute Gasteiger partial charge is 0.261 e. The summed E-state index contributed by atoms with van der Waals surface area (Å²) < 4.78 is 27.3. The molecule has 0 bridgehead atoms. The molecule has 4 rings (SSSR count). The second-order valence-electron chi connectivity index (χ2n) is 6.60. The number of carbonyl (C=O) groups is 2. The van der Waals surface area contributed by atoms with Crippen LogP contribution in [0.25, 0.3) is 0 Å². The maximum absolute atomic E-state index is 12.4. The highest BCUT2D eigenvalue weighted by atomic mass is 32.2. The van der Waals surface area contributed by atoms with Crippen LogP contribution >= 0.6 is 11.8 Å². The Morgan fingerprint density at radius 3 is 1.93 bits per heavy atom. The lowest BCUT2D eigenvalue weighted by Gasteiger charge is -2.13. The van der Waals surface area contributed by atoms with Gasteiger partial charge in [-0.2, -0.15) is 0 Å². The summed E-state index contributed by atoms with van der Waals surface area (Å²) in [5.74, 6) is 0.0179. The van der Waals surface area contributed by atoms with Crippen LogP contribution in [-0.2, 0) is 10.0 Å². The minimum atomic E-state index is -3.63. The van der Waals surface area contributed by atoms with E-state index in [1.165, 1.54) is 28.8 Å². The summed E-state index contributed by atoms with van der Waals surface area (Å²) in [4.78, 5) is 27.1. The van der Waals surface area contributed by atoms with Crippen molar-refractivity contribution < 1.29 is 18.0 Å². The van der Waals surface area contributed by atoms with Crippen LogP contribution in [0.3, 0.4) is 0 Å². The summed E-state index contributed by atoms with van der Waals surface area (Å²) in [6, 6.07) is 22.0. The van der Waals surface area contributed by atoms with Gasteiger partial charge in [0.2, 0.25) is 0 Å². The highest BCUT2D eigenvalue weighted by Crippen LogP contribution is 2.25. The number of amides is 2. The van der Waals surface area contributed by atoms with E-state index in [9.17, 15) is 18.0 Å². The van der Waals surface area contributed by atoms with E-state index < -0.39 is 10.0 Å². The van der Waals surface area contributed by atoms with Crippen molar-refractivity contribution in [3.63, 3.8) is 0 Å². The molecular weight excluding hydrogens is 420 g/mol. The zero-order valence-electron chi connectivity index (χ0n) is 15.8. The summed E-state index contributed by atoms with van der Waals surface area (Å²) in [5, 5.41) is 0. The first-order valence-corrected chi connectivity index (χ1v) is 11.7. The highest BCUT2D eigenvalue weighted by Gasteiger charge is 2.34. The van der Waals surface area contributed by atoms with Crippen LogP contribution < -0.4 is 4.72 Å². The van der Waals surface area contributed by atoms with Gasteiger partial charge in [-0.15, -0.1) is 11.8 Å². The van der Waals surface area contributed by atoms with Gasteiger partial charge in [0.1, 0.15) is 0 Å². The predicted molar refractivity (Wildman–Crippen MR) is 116 cm³/mol. The zero-order chi connectivity index (χ0) is 21.1. The van der Waals surface area contributed by atoms with Crippen LogP contribution in [0.15, 0.2) is 88.7 Å². The Morgan fingerprint density at radius 1 is 0.767 bits per heavy atom. The third-order valence-electron chi connectivity index (χ3n) is 4.62. The van der Waals surface area contributed by atoms with E-state index in [4.69, 9.17) is 0 Å². The summed E-state index contributed by atoms with van der Waals surface area (Å²) in [6.07, 6.45) is 0. The van der Waals surface area contributed by atoms with Gasteiger partial charge < -0.3 is 0 Å². The number of benzene rings is 3. The van der Waals surface area contributed by atoms with E-state index in [-0.39, 0.29) is 16.7 Å². The lowest BCUT2D eigenvalue weighted by Crippen LogP contribution is -2.31. The van der Waals surface area contributed by atoms with Gasteiger partial charge in [0, 0.05) is 22.9 Å². The SMILES string of the molecule is O=C1c2ccccc2C(=O)N1CCSc1ccc(NS(=O)(=O)c2ccccc2)cc1. The molecule has 0 saturated heterocycles. The number of nitrogens with zero attached hydrogens (tertiary/aromatic N) is 1. The molecule has 0 spiro atoms. The Kier molecular flexibility index (Phi) is 5.61. The van der Waals surface area contributed by atoms with Gasteiger partial charge >= 0.3 is 0 Å². The van der Waals surface area contributed by atoms with Crippen LogP contribution in [0.4, 0.5) is 5.69 Å². The number of anilines is 1. The standard InChI is InChI=1S/C22H18N2O4S2/c25-21-19-8-4-5-9-20(19)22(26)24(21)14-15-29-17-12-10-16(11-13-17)23-30(27,28)18-6-2-1-3-7-18/h1-13,23H,14-15H2. The van der Waals surface area contributed by atoms with E-state index >= 15 is 0 Å². The zero-order valence-corrected chi connectivity index (χ0v) is 17.4. The molecule has 2 amide bonds. The summed E-state index contributed by atoms with van der Waals surface area (Å²) >= 11 is 1.49. The van der Waals surface area contributed by atoms with Crippen LogP contribution in [0.2, 0.25) is 0 Å². The monoisotopic (exact) mass is 438 g/mol. The number of carbonyl (C=O) groups excluding carboxylic acids is 2. The lowest BCUT2D eigenvalue weighted by atomic mass is 10.1. The molecule has 8 heteroatoms. The molecule has 0 saturated carbocycles. The average molecular weight is 439 g/mol. The molecule has 0 aromatic heterocycles. The first kappa shape index (κ1) is 20.2. The molecule has 152 valence electrons. The van der Waals surface area contributed by atoms with Gasteiger partial charge in [-0.05, 0) is 48.5 Å². The van der Waals surface area contributed by atoms with Crippen molar-refractivity contribution in [3.05, 3.63) is 90.0 Å². The number of imide groups is 1. The fraction of sp³-hybridized carbons (Fsp3) is 0.0909. The van der Waals surface area contributed by atoms with Crippen molar-refractivity contribution in [2.24, 2.45) is 0 Å². The molecule has 0 atom stereocenters. The van der Waals surface area contributed by atoms with E-state index in [0.717, 1.165) is 4.90 Å². The molecule has 1 heterocycles. The largest absolute Gasteiger partial charge is 0.280 e. The maximum Gasteiger partial charge on any atom is 0.261 e. The molecule has 3 aromatic rings. The van der Waals surface area contributed by atoms with Crippen molar-refractivity contribution in [2.75, 3.05) is 17.0 Å². The van der Waals surface area contributed by atoms with Gasteiger partial charge in [0.15, 0.2) is 0 Å². The minimum absolute atomic E-state index is 0.199. The summed E-state index contributed by atoms with van der Waals surface area (Å²) in [7, 11) is -3.63. The number of nitrogens with one attached hydrogen (secondary N) is 1. The molecule has 30 heavy (non-hydrogen) atoms. The lowest BCUT2D eigenvalue weighted by molar-refractivity contribution is 0.0664. The Morgan fingerprint density at radius 2 is 1.33 bits per heavy atom. The average Bonchev–Trinajstić information content (AvgIpc) is 3.00. The molecule has 1 aliphatic rings. The van der Waals surface area contributed by atoms with Crippen LogP contribution in [0.5, 0.6) is 0 Å². The normalized spacial score (nSPS) is 13.4. The molecule has 6 nitrogen and oxygen atoms in total. The molecular formula is C22H18N2O4S2. The molecule has 3 aromatic carbocycles. The number of hydrogen-bond donors (Lipinski definition) is 1. The molecule has 0 fully saturated rings. The molecule has 1 aliphatic heterocycles. The maximum atomic E-state index is 12.4. The first-order chi connectivity index (χ1) is 14.5. The van der Waals surface area contributed by atoms with E-state index in [2.05, 4.69) is 4.72 Å². The third-order valence-corrected chi connectivity index (χ3v) is 7.01. The van der Waals surface area contributed by atoms with Gasteiger partial charge in [0.25, 0.3) is 21.8 Å². The van der Waals surface area contributed by atoms with Crippen molar-refractivity contribution in [1.82, 2.24) is 4.90 Å². The Balaban J connectivity index is 1.34. The fourth-order valence-electron chi connectivity index (χ4n) is 3.13. The van der Waals surface area contributed by atoms with E-state index in [1.54, 1.807) is 66.7 Å². The summed E-state index contributed by atoms with van der Waals surface area (Å²) in [5.41, 5.74) is 1.36. The van der Waals surface area contributed by atoms with Gasteiger partial charge in [0.05, 0.1) is 16.0 Å². The van der Waals surface area contributed by atoms with Gasteiger partial charge in [-0.25, -0.2) is 8.42 Å². The molecule has 0 aliphatic carbocycles. The summed E-state index contributed by atoms with van der Waals surface area (Å²) in [6.45, 7) is 0.305. The Labute approximate surface area is 179 Å². The number of rotatable bonds is 7. The first-order valence-electron chi connectivity index (χ1n) is 9.22.